The van der Waals surface area contributed by atoms with E-state index in [-0.39, 0.29) is 11.1 Å². The van der Waals surface area contributed by atoms with Crippen LogP contribution in [0, 0.1) is 0 Å². The topological polar surface area (TPSA) is 72.2 Å². The minimum Gasteiger partial charge on any atom is -0.478 e. The largest absolute Gasteiger partial charge is 0.478 e. The summed E-state index contributed by atoms with van der Waals surface area (Å²) in [6.45, 7) is 0.352. The van der Waals surface area contributed by atoms with E-state index in [0.29, 0.717) is 11.0 Å². The van der Waals surface area contributed by atoms with Crippen LogP contribution in [-0.2, 0) is 6.54 Å². The van der Waals surface area contributed by atoms with Crippen LogP contribution in [0.2, 0.25) is 0 Å². The van der Waals surface area contributed by atoms with E-state index >= 15 is 0 Å². The maximum atomic E-state index is 11.7. The molecule has 2 rings (SSSR count). The van der Waals surface area contributed by atoms with Gasteiger partial charge in [-0.05, 0) is 33.6 Å². The standard InChI is InChI=1S/C12H9BrN2O3/c13-10-5-14-7-15(11(10)16)6-8-1-3-9(4-2-8)12(17)18/h1-5,7H,6H2,(H,17,18). The summed E-state index contributed by atoms with van der Waals surface area (Å²) >= 11 is 3.12. The van der Waals surface area contributed by atoms with E-state index in [1.54, 1.807) is 12.1 Å². The van der Waals surface area contributed by atoms with Gasteiger partial charge < -0.3 is 5.11 Å². The van der Waals surface area contributed by atoms with Crippen LogP contribution in [0.5, 0.6) is 0 Å². The lowest BCUT2D eigenvalue weighted by atomic mass is 10.1. The molecule has 18 heavy (non-hydrogen) atoms. The van der Waals surface area contributed by atoms with E-state index in [1.165, 1.54) is 29.2 Å². The molecule has 1 N–H and O–H groups in total. The van der Waals surface area contributed by atoms with Crippen molar-refractivity contribution in [2.24, 2.45) is 0 Å². The highest BCUT2D eigenvalue weighted by Crippen LogP contribution is 2.06. The van der Waals surface area contributed by atoms with Crippen LogP contribution >= 0.6 is 15.9 Å². The molecule has 1 aromatic carbocycles. The predicted molar refractivity (Wildman–Crippen MR) is 68.7 cm³/mol. The van der Waals surface area contributed by atoms with Crippen molar-refractivity contribution in [3.05, 3.63) is 62.7 Å². The third-order valence-corrected chi connectivity index (χ3v) is 2.96. The summed E-state index contributed by atoms with van der Waals surface area (Å²) in [5, 5.41) is 8.77. The minimum absolute atomic E-state index is 0.174. The SMILES string of the molecule is O=C(O)c1ccc(Cn2cncc(Br)c2=O)cc1. The third kappa shape index (κ3) is 2.65. The van der Waals surface area contributed by atoms with Gasteiger partial charge in [0.15, 0.2) is 0 Å². The lowest BCUT2D eigenvalue weighted by molar-refractivity contribution is 0.0697. The number of halogens is 1. The van der Waals surface area contributed by atoms with E-state index in [2.05, 4.69) is 20.9 Å². The summed E-state index contributed by atoms with van der Waals surface area (Å²) in [5.74, 6) is -0.970. The van der Waals surface area contributed by atoms with Crippen LogP contribution in [0.1, 0.15) is 15.9 Å². The quantitative estimate of drug-likeness (QED) is 0.937. The first-order valence-electron chi connectivity index (χ1n) is 5.10. The number of carboxylic acid groups (broad SMARTS) is 1. The number of rotatable bonds is 3. The van der Waals surface area contributed by atoms with Gasteiger partial charge in [-0.3, -0.25) is 9.36 Å². The van der Waals surface area contributed by atoms with Gasteiger partial charge in [0.2, 0.25) is 0 Å². The Morgan fingerprint density at radius 1 is 1.33 bits per heavy atom. The summed E-state index contributed by atoms with van der Waals surface area (Å²) in [5.41, 5.74) is 0.882. The van der Waals surface area contributed by atoms with Crippen molar-refractivity contribution in [1.82, 2.24) is 9.55 Å². The number of aromatic carboxylic acids is 1. The molecule has 5 nitrogen and oxygen atoms in total. The second kappa shape index (κ2) is 5.14. The fourth-order valence-electron chi connectivity index (χ4n) is 1.49. The maximum absolute atomic E-state index is 11.7. The second-order valence-electron chi connectivity index (χ2n) is 3.68. The summed E-state index contributed by atoms with van der Waals surface area (Å²) in [6, 6.07) is 6.37. The number of aromatic nitrogens is 2. The molecule has 0 atom stereocenters. The monoisotopic (exact) mass is 308 g/mol. The van der Waals surface area contributed by atoms with Gasteiger partial charge in [-0.25, -0.2) is 9.78 Å². The smallest absolute Gasteiger partial charge is 0.335 e. The Balaban J connectivity index is 2.26. The fourth-order valence-corrected chi connectivity index (χ4v) is 1.83. The van der Waals surface area contributed by atoms with E-state index in [9.17, 15) is 9.59 Å². The average molecular weight is 309 g/mol. The number of hydrogen-bond acceptors (Lipinski definition) is 3. The number of carboxylic acids is 1. The van der Waals surface area contributed by atoms with Gasteiger partial charge in [0, 0.05) is 6.20 Å². The lowest BCUT2D eigenvalue weighted by Crippen LogP contribution is -2.21. The van der Waals surface area contributed by atoms with Crippen LogP contribution in [0.25, 0.3) is 0 Å². The third-order valence-electron chi connectivity index (χ3n) is 2.41. The first kappa shape index (κ1) is 12.5. The molecule has 0 aliphatic heterocycles. The Morgan fingerprint density at radius 2 is 2.00 bits per heavy atom. The zero-order valence-corrected chi connectivity index (χ0v) is 10.8. The minimum atomic E-state index is -0.970. The Morgan fingerprint density at radius 3 is 2.61 bits per heavy atom. The van der Waals surface area contributed by atoms with E-state index in [4.69, 9.17) is 5.11 Å². The zero-order chi connectivity index (χ0) is 13.1. The van der Waals surface area contributed by atoms with Crippen molar-refractivity contribution >= 4 is 21.9 Å². The molecule has 2 aromatic rings. The highest BCUT2D eigenvalue weighted by molar-refractivity contribution is 9.10. The molecular weight excluding hydrogens is 300 g/mol. The van der Waals surface area contributed by atoms with Gasteiger partial charge >= 0.3 is 5.97 Å². The number of hydrogen-bond donors (Lipinski definition) is 1. The highest BCUT2D eigenvalue weighted by atomic mass is 79.9. The molecule has 6 heteroatoms. The predicted octanol–water partition coefficient (Wildman–Crippen LogP) is 1.75. The van der Waals surface area contributed by atoms with Crippen LogP contribution in [0.3, 0.4) is 0 Å². The molecular formula is C12H9BrN2O3. The normalized spacial score (nSPS) is 10.3. The zero-order valence-electron chi connectivity index (χ0n) is 9.21. The van der Waals surface area contributed by atoms with Gasteiger partial charge in [0.25, 0.3) is 5.56 Å². The van der Waals surface area contributed by atoms with Gasteiger partial charge in [0.05, 0.1) is 18.4 Å². The van der Waals surface area contributed by atoms with Crippen LogP contribution < -0.4 is 5.56 Å². The first-order valence-corrected chi connectivity index (χ1v) is 5.89. The van der Waals surface area contributed by atoms with E-state index < -0.39 is 5.97 Å². The Kier molecular flexibility index (Phi) is 3.57. The molecule has 0 fully saturated rings. The summed E-state index contributed by atoms with van der Waals surface area (Å²) in [7, 11) is 0. The van der Waals surface area contributed by atoms with Crippen molar-refractivity contribution in [1.29, 1.82) is 0 Å². The first-order chi connectivity index (χ1) is 8.58. The number of carbonyl (C=O) groups is 1. The van der Waals surface area contributed by atoms with Crippen molar-refractivity contribution in [2.75, 3.05) is 0 Å². The summed E-state index contributed by atoms with van der Waals surface area (Å²) in [4.78, 5) is 26.3. The maximum Gasteiger partial charge on any atom is 0.335 e. The fraction of sp³-hybridized carbons (Fsp3) is 0.0833. The Labute approximate surface area is 111 Å². The average Bonchev–Trinajstić information content (AvgIpc) is 2.36. The van der Waals surface area contributed by atoms with E-state index in [1.807, 2.05) is 0 Å². The molecule has 0 aliphatic carbocycles. The molecule has 0 unspecified atom stereocenters. The Hall–Kier alpha value is -1.95. The molecule has 1 heterocycles. The van der Waals surface area contributed by atoms with Gasteiger partial charge in [-0.1, -0.05) is 12.1 Å². The lowest BCUT2D eigenvalue weighted by Gasteiger charge is -2.05. The number of nitrogens with zero attached hydrogens (tertiary/aromatic N) is 2. The number of benzene rings is 1. The summed E-state index contributed by atoms with van der Waals surface area (Å²) < 4.78 is 1.84. The molecule has 0 saturated heterocycles. The molecule has 0 saturated carbocycles. The van der Waals surface area contributed by atoms with Crippen LogP contribution in [0.15, 0.2) is 46.1 Å². The van der Waals surface area contributed by atoms with Crippen molar-refractivity contribution < 1.29 is 9.90 Å². The van der Waals surface area contributed by atoms with Crippen LogP contribution in [-0.4, -0.2) is 20.6 Å². The highest BCUT2D eigenvalue weighted by Gasteiger charge is 2.04. The molecule has 0 amide bonds. The van der Waals surface area contributed by atoms with Crippen molar-refractivity contribution in [3.63, 3.8) is 0 Å². The Bertz CT molecular complexity index is 635. The molecule has 92 valence electrons. The van der Waals surface area contributed by atoms with Gasteiger partial charge in [0.1, 0.15) is 4.47 Å². The van der Waals surface area contributed by atoms with Gasteiger partial charge in [-0.15, -0.1) is 0 Å². The summed E-state index contributed by atoms with van der Waals surface area (Å²) in [6.07, 6.45) is 2.88. The van der Waals surface area contributed by atoms with Gasteiger partial charge in [-0.2, -0.15) is 0 Å². The van der Waals surface area contributed by atoms with E-state index in [0.717, 1.165) is 5.56 Å². The second-order valence-corrected chi connectivity index (χ2v) is 4.53. The molecule has 0 radical (unpaired) electrons. The molecule has 0 bridgehead atoms. The molecule has 0 spiro atoms. The van der Waals surface area contributed by atoms with Crippen molar-refractivity contribution in [2.45, 2.75) is 6.54 Å². The molecule has 0 aliphatic rings. The van der Waals surface area contributed by atoms with Crippen molar-refractivity contribution in [3.8, 4) is 0 Å². The molecule has 1 aromatic heterocycles. The van der Waals surface area contributed by atoms with Crippen LogP contribution in [0.4, 0.5) is 0 Å².